The van der Waals surface area contributed by atoms with E-state index in [1.807, 2.05) is 103 Å². The normalized spacial score (nSPS) is 17.3. The highest BCUT2D eigenvalue weighted by Crippen LogP contribution is 2.36. The van der Waals surface area contributed by atoms with Crippen molar-refractivity contribution >= 4 is 97.5 Å². The van der Waals surface area contributed by atoms with Gasteiger partial charge in [0, 0.05) is 154 Å². The highest BCUT2D eigenvalue weighted by molar-refractivity contribution is 5.98. The first-order valence-electron chi connectivity index (χ1n) is 29.2. The Hall–Kier alpha value is -9.50. The van der Waals surface area contributed by atoms with Crippen LogP contribution in [0, 0.1) is 10.1 Å². The molecular weight excluding hydrogens is 1100 g/mol. The van der Waals surface area contributed by atoms with Crippen LogP contribution in [0.25, 0.3) is 10.9 Å². The van der Waals surface area contributed by atoms with Crippen molar-refractivity contribution in [2.45, 2.75) is 96.4 Å². The number of fused-ring (bicyclic) bond motifs is 6. The van der Waals surface area contributed by atoms with Crippen molar-refractivity contribution in [2.24, 2.45) is 0 Å². The molecule has 12 rings (SSSR count). The number of nitrogens with one attached hydrogen (secondary N) is 6. The molecule has 21 heteroatoms. The second kappa shape index (κ2) is 31.1. The van der Waals surface area contributed by atoms with Crippen LogP contribution < -0.4 is 52.8 Å². The summed E-state index contributed by atoms with van der Waals surface area (Å²) in [4.78, 5) is 63.8. The number of rotatable bonds is 10. The third-order valence-corrected chi connectivity index (χ3v) is 15.9. The van der Waals surface area contributed by atoms with Crippen LogP contribution in [0.3, 0.4) is 0 Å². The Kier molecular flexibility index (Phi) is 23.8. The minimum absolute atomic E-state index is 0.0246. The van der Waals surface area contributed by atoms with E-state index in [2.05, 4.69) is 103 Å². The number of esters is 2. The van der Waals surface area contributed by atoms with Gasteiger partial charge in [-0.25, -0.2) is 9.59 Å². The first-order valence-corrected chi connectivity index (χ1v) is 29.2. The van der Waals surface area contributed by atoms with Gasteiger partial charge < -0.3 is 77.1 Å². The quantitative estimate of drug-likeness (QED) is 0.0154. The van der Waals surface area contributed by atoms with E-state index in [4.69, 9.17) is 16.2 Å². The number of likely N-dealkylation sites (N-methyl/N-ethyl adjacent to an activating group) is 3. The van der Waals surface area contributed by atoms with E-state index >= 15 is 0 Å². The fourth-order valence-corrected chi connectivity index (χ4v) is 11.0. The predicted molar refractivity (Wildman–Crippen MR) is 353 cm³/mol. The topological polar surface area (TPSA) is 288 Å². The standard InChI is InChI=1S/C12H16N2O2.C12H18N2.C11H16N2O.C10H8N2O3.C10H12N2O2.C9H10N2O.C2H6/c1-13-9-4-5-10-8(6-9)7-11(14(10)2)12(15)16-3;1-4-11-8-9-7-10(13-2)5-6-12(9)14(11)3;1-12-9-3-4-11-8(5-9)6-10(7-14)13(11)2;1-6(13)10-5-7-4-8(12(14)15)2-3-9(7)11-10;1-14-10(13)9-5-6-4-7(11)2-3-8(6)12-9;10-7-1-2-9-6(3-7)4-8(5-12)11-9;1-2/h4-6,11,13H,7H2,1-3H3;5-7,11,13H,4,8H2,1-3H3;3-5,10,12,14H,6-7H2,1-2H3;2-5,11H,1H3;2-4,9,12H,5,11H2,1H3;1-3,5,8,11H,4,10H2;1-2H3. The number of methoxy groups -OCH3 is 2. The number of nitro groups is 1. The highest BCUT2D eigenvalue weighted by Gasteiger charge is 2.33. The smallest absolute Gasteiger partial charge is 0.328 e. The van der Waals surface area contributed by atoms with Crippen LogP contribution in [0.5, 0.6) is 0 Å². The minimum atomic E-state index is -0.458. The van der Waals surface area contributed by atoms with E-state index in [9.17, 15) is 34.4 Å². The van der Waals surface area contributed by atoms with E-state index < -0.39 is 4.92 Å². The summed E-state index contributed by atoms with van der Waals surface area (Å²) in [5.41, 5.74) is 29.3. The molecule has 7 aromatic rings. The largest absolute Gasteiger partial charge is 0.467 e. The summed E-state index contributed by atoms with van der Waals surface area (Å²) < 4.78 is 9.46. The SMILES string of the molecule is CC.CC(=O)c1cc2cc([N+](=O)[O-])ccc2[nH]1.CCC1Cc2cc(NC)ccc2N1C.CNc1ccc2c(c1)CC(C(=O)OC)N2C.CNc1ccc2c(c1)CC(CO)N2C.COC(=O)C1Cc2cc(N)ccc2N1.Nc1ccc2c(c1)CC(C=O)N2. The number of non-ortho nitro benzene ring substituents is 1. The van der Waals surface area contributed by atoms with Crippen molar-refractivity contribution in [1.82, 2.24) is 4.98 Å². The maximum Gasteiger partial charge on any atom is 0.328 e. The van der Waals surface area contributed by atoms with Crippen molar-refractivity contribution in [3.63, 3.8) is 0 Å². The number of anilines is 10. The van der Waals surface area contributed by atoms with Crippen molar-refractivity contribution < 1.29 is 38.7 Å². The number of benzene rings is 6. The minimum Gasteiger partial charge on any atom is -0.467 e. The maximum atomic E-state index is 11.6. The zero-order valence-corrected chi connectivity index (χ0v) is 52.0. The molecule has 0 spiro atoms. The molecule has 0 fully saturated rings. The van der Waals surface area contributed by atoms with Gasteiger partial charge in [0.05, 0.1) is 43.5 Å². The number of aromatic amines is 1. The Bertz CT molecular complexity index is 3440. The number of aldehydes is 1. The van der Waals surface area contributed by atoms with Crippen molar-refractivity contribution in [2.75, 3.05) is 116 Å². The summed E-state index contributed by atoms with van der Waals surface area (Å²) >= 11 is 0. The summed E-state index contributed by atoms with van der Waals surface area (Å²) in [7, 11) is 14.7. The first-order chi connectivity index (χ1) is 41.8. The maximum absolute atomic E-state index is 11.6. The van der Waals surface area contributed by atoms with Gasteiger partial charge in [-0.2, -0.15) is 0 Å². The molecule has 6 heterocycles. The van der Waals surface area contributed by atoms with Gasteiger partial charge in [-0.15, -0.1) is 0 Å². The molecule has 1 aromatic heterocycles. The van der Waals surface area contributed by atoms with Crippen LogP contribution in [-0.4, -0.2) is 132 Å². The lowest BCUT2D eigenvalue weighted by Crippen LogP contribution is -2.36. The van der Waals surface area contributed by atoms with Gasteiger partial charge in [-0.05, 0) is 150 Å². The number of carbonyl (C=O) groups excluding carboxylic acids is 4. The summed E-state index contributed by atoms with van der Waals surface area (Å²) in [6.07, 6.45) is 6.40. The number of aliphatic hydroxyl groups is 1. The number of aliphatic hydroxyl groups excluding tert-OH is 1. The Morgan fingerprint density at radius 1 is 0.644 bits per heavy atom. The Morgan fingerprint density at radius 2 is 1.14 bits per heavy atom. The average molecular weight is 1190 g/mol. The van der Waals surface area contributed by atoms with E-state index in [1.54, 1.807) is 12.1 Å². The molecule has 5 aliphatic heterocycles. The van der Waals surface area contributed by atoms with Crippen molar-refractivity contribution in [1.29, 1.82) is 0 Å². The number of H-pyrrole nitrogens is 1. The molecule has 6 aromatic carbocycles. The van der Waals surface area contributed by atoms with E-state index in [0.29, 0.717) is 30.0 Å². The molecule has 87 heavy (non-hydrogen) atoms. The van der Waals surface area contributed by atoms with E-state index in [1.165, 1.54) is 79.9 Å². The van der Waals surface area contributed by atoms with Crippen molar-refractivity contribution in [3.05, 3.63) is 159 Å². The Balaban J connectivity index is 0.000000166. The van der Waals surface area contributed by atoms with Gasteiger partial charge in [-0.3, -0.25) is 14.9 Å². The monoisotopic (exact) mass is 1190 g/mol. The van der Waals surface area contributed by atoms with Crippen LogP contribution in [0.15, 0.2) is 115 Å². The second-order valence-corrected chi connectivity index (χ2v) is 21.3. The predicted octanol–water partition coefficient (Wildman–Crippen LogP) is 9.73. The summed E-state index contributed by atoms with van der Waals surface area (Å²) in [5, 5.41) is 35.9. The number of carbonyl (C=O) groups is 4. The number of nitrogens with two attached hydrogens (primary N) is 2. The molecular formula is C66H86N12O9. The number of nitro benzene ring substituents is 1. The molecule has 11 N–H and O–H groups in total. The third kappa shape index (κ3) is 16.5. The van der Waals surface area contributed by atoms with Crippen LogP contribution >= 0.6 is 0 Å². The average Bonchev–Trinajstić information content (AvgIpc) is 4.34. The fourth-order valence-electron chi connectivity index (χ4n) is 11.0. The van der Waals surface area contributed by atoms with Gasteiger partial charge in [0.2, 0.25) is 0 Å². The highest BCUT2D eigenvalue weighted by atomic mass is 16.6. The van der Waals surface area contributed by atoms with Crippen molar-refractivity contribution in [3.8, 4) is 0 Å². The van der Waals surface area contributed by atoms with Crippen LogP contribution in [0.1, 0.15) is 72.4 Å². The van der Waals surface area contributed by atoms with Gasteiger partial charge in [0.15, 0.2) is 5.78 Å². The lowest BCUT2D eigenvalue weighted by atomic mass is 10.1. The third-order valence-electron chi connectivity index (χ3n) is 15.9. The molecule has 0 saturated carbocycles. The number of ketones is 1. The molecule has 0 saturated heterocycles. The van der Waals surface area contributed by atoms with Crippen LogP contribution in [0.4, 0.5) is 62.6 Å². The Morgan fingerprint density at radius 3 is 1.62 bits per heavy atom. The zero-order valence-electron chi connectivity index (χ0n) is 52.0. The number of nitrogen functional groups attached to an aromatic ring is 2. The zero-order chi connectivity index (χ0) is 63.6. The summed E-state index contributed by atoms with van der Waals surface area (Å²) in [6, 6.07) is 36.8. The number of aromatic nitrogens is 1. The molecule has 5 atom stereocenters. The molecule has 464 valence electrons. The molecule has 21 nitrogen and oxygen atoms in total. The van der Waals surface area contributed by atoms with Gasteiger partial charge in [0.1, 0.15) is 18.4 Å². The first kappa shape index (κ1) is 66.6. The number of ether oxygens (including phenoxy) is 2. The van der Waals surface area contributed by atoms with Crippen LogP contribution in [-0.2, 0) is 56.0 Å². The molecule has 0 aliphatic carbocycles. The number of Topliss-reactive ketones (excluding diaryl/α,β-unsaturated/α-hetero) is 1. The molecule has 0 radical (unpaired) electrons. The van der Waals surface area contributed by atoms with E-state index in [0.717, 1.165) is 75.6 Å². The lowest BCUT2D eigenvalue weighted by molar-refractivity contribution is -0.384. The molecule has 0 bridgehead atoms. The number of hydrogen-bond acceptors (Lipinski definition) is 19. The number of nitrogens with zero attached hydrogens (tertiary/aromatic N) is 4. The van der Waals surface area contributed by atoms with Crippen LogP contribution in [0.2, 0.25) is 0 Å². The lowest BCUT2D eigenvalue weighted by Gasteiger charge is -2.20. The summed E-state index contributed by atoms with van der Waals surface area (Å²) in [6.45, 7) is 7.92. The second-order valence-electron chi connectivity index (χ2n) is 21.3. The van der Waals surface area contributed by atoms with Gasteiger partial charge >= 0.3 is 11.9 Å². The summed E-state index contributed by atoms with van der Waals surface area (Å²) in [5.74, 6) is -0.502. The molecule has 0 amide bonds. The van der Waals surface area contributed by atoms with Gasteiger partial charge in [-0.1, -0.05) is 20.8 Å². The number of hydrogen-bond donors (Lipinski definition) is 9. The van der Waals surface area contributed by atoms with Gasteiger partial charge in [0.25, 0.3) is 5.69 Å². The molecule has 5 aliphatic rings. The molecule has 5 unspecified atom stereocenters. The van der Waals surface area contributed by atoms with E-state index in [-0.39, 0.29) is 54.2 Å². The Labute approximate surface area is 510 Å². The fraction of sp³-hybridized carbons (Fsp3) is 0.364.